The molecule has 1 aromatic rings. The summed E-state index contributed by atoms with van der Waals surface area (Å²) in [6.07, 6.45) is 4.13. The van der Waals surface area contributed by atoms with Crippen molar-refractivity contribution < 1.29 is 4.79 Å². The molecule has 94 valence electrons. The molecule has 0 bridgehead atoms. The maximum Gasteiger partial charge on any atom is 0.274 e. The summed E-state index contributed by atoms with van der Waals surface area (Å²) in [4.78, 5) is 21.9. The topological polar surface area (TPSA) is 58.1 Å². The highest BCUT2D eigenvalue weighted by Crippen LogP contribution is 2.06. The van der Waals surface area contributed by atoms with Crippen LogP contribution >= 0.6 is 0 Å². The van der Waals surface area contributed by atoms with Gasteiger partial charge in [-0.3, -0.25) is 9.78 Å². The van der Waals surface area contributed by atoms with Crippen LogP contribution in [0.3, 0.4) is 0 Å². The van der Waals surface area contributed by atoms with Crippen LogP contribution in [0.15, 0.2) is 12.4 Å². The monoisotopic (exact) mass is 236 g/mol. The van der Waals surface area contributed by atoms with Crippen LogP contribution in [0.5, 0.6) is 0 Å². The lowest BCUT2D eigenvalue weighted by molar-refractivity contribution is 0.0748. The van der Waals surface area contributed by atoms with Crippen LogP contribution in [0.4, 0.5) is 5.82 Å². The molecule has 1 aromatic heterocycles. The fourth-order valence-electron chi connectivity index (χ4n) is 1.22. The van der Waals surface area contributed by atoms with E-state index in [4.69, 9.17) is 0 Å². The molecule has 5 heteroatoms. The van der Waals surface area contributed by atoms with Crippen molar-refractivity contribution in [3.63, 3.8) is 0 Å². The summed E-state index contributed by atoms with van der Waals surface area (Å²) in [6, 6.07) is 0.150. The van der Waals surface area contributed by atoms with E-state index in [0.717, 1.165) is 13.0 Å². The van der Waals surface area contributed by atoms with Gasteiger partial charge in [0, 0.05) is 19.6 Å². The van der Waals surface area contributed by atoms with Crippen LogP contribution in [0.25, 0.3) is 0 Å². The Morgan fingerprint density at radius 1 is 1.47 bits per heavy atom. The van der Waals surface area contributed by atoms with Gasteiger partial charge in [0.25, 0.3) is 5.91 Å². The summed E-state index contributed by atoms with van der Waals surface area (Å²) >= 11 is 0. The molecule has 1 N–H and O–H groups in total. The lowest BCUT2D eigenvalue weighted by Crippen LogP contribution is -2.33. The molecule has 1 heterocycles. The van der Waals surface area contributed by atoms with Crippen LogP contribution < -0.4 is 5.32 Å². The van der Waals surface area contributed by atoms with E-state index in [1.54, 1.807) is 18.1 Å². The van der Waals surface area contributed by atoms with Crippen molar-refractivity contribution in [3.8, 4) is 0 Å². The molecule has 1 rings (SSSR count). The van der Waals surface area contributed by atoms with Crippen LogP contribution in [0.2, 0.25) is 0 Å². The fourth-order valence-corrected chi connectivity index (χ4v) is 1.22. The van der Waals surface area contributed by atoms with Crippen molar-refractivity contribution in [2.45, 2.75) is 33.2 Å². The van der Waals surface area contributed by atoms with Crippen LogP contribution in [-0.4, -0.2) is 40.4 Å². The van der Waals surface area contributed by atoms with Gasteiger partial charge in [-0.15, -0.1) is 0 Å². The summed E-state index contributed by atoms with van der Waals surface area (Å²) in [5.74, 6) is 0.544. The van der Waals surface area contributed by atoms with Gasteiger partial charge in [-0.05, 0) is 20.3 Å². The van der Waals surface area contributed by atoms with Crippen molar-refractivity contribution in [1.82, 2.24) is 14.9 Å². The van der Waals surface area contributed by atoms with Gasteiger partial charge in [0.05, 0.1) is 12.4 Å². The van der Waals surface area contributed by atoms with Crippen LogP contribution in [0, 0.1) is 0 Å². The first-order valence-corrected chi connectivity index (χ1v) is 5.89. The maximum absolute atomic E-state index is 12.0. The molecule has 0 fully saturated rings. The van der Waals surface area contributed by atoms with Crippen molar-refractivity contribution in [1.29, 1.82) is 0 Å². The molecule has 0 radical (unpaired) electrons. The highest BCUT2D eigenvalue weighted by Gasteiger charge is 2.16. The largest absolute Gasteiger partial charge is 0.369 e. The van der Waals surface area contributed by atoms with Gasteiger partial charge in [0.1, 0.15) is 11.5 Å². The van der Waals surface area contributed by atoms with E-state index in [1.807, 2.05) is 13.8 Å². The summed E-state index contributed by atoms with van der Waals surface area (Å²) in [5, 5.41) is 3.11. The third-order valence-corrected chi connectivity index (χ3v) is 2.50. The molecule has 5 nitrogen and oxygen atoms in total. The number of aromatic nitrogens is 2. The zero-order valence-electron chi connectivity index (χ0n) is 10.9. The van der Waals surface area contributed by atoms with Gasteiger partial charge in [0.2, 0.25) is 0 Å². The number of hydrogen-bond donors (Lipinski definition) is 1. The zero-order chi connectivity index (χ0) is 12.8. The molecule has 0 aromatic carbocycles. The lowest BCUT2D eigenvalue weighted by atomic mass is 10.3. The highest BCUT2D eigenvalue weighted by molar-refractivity contribution is 5.92. The Bertz CT molecular complexity index is 379. The van der Waals surface area contributed by atoms with Gasteiger partial charge in [-0.2, -0.15) is 0 Å². The number of nitrogens with zero attached hydrogens (tertiary/aromatic N) is 3. The summed E-state index contributed by atoms with van der Waals surface area (Å²) in [5.41, 5.74) is 0.377. The van der Waals surface area contributed by atoms with Gasteiger partial charge < -0.3 is 10.2 Å². The predicted molar refractivity (Wildman–Crippen MR) is 68.0 cm³/mol. The smallest absolute Gasteiger partial charge is 0.274 e. The van der Waals surface area contributed by atoms with Gasteiger partial charge in [-0.25, -0.2) is 4.98 Å². The summed E-state index contributed by atoms with van der Waals surface area (Å²) in [7, 11) is 1.76. The second-order valence-corrected chi connectivity index (χ2v) is 4.23. The minimum atomic E-state index is -0.104. The number of carbonyl (C=O) groups excluding carboxylic acids is 1. The molecule has 0 saturated heterocycles. The number of carbonyl (C=O) groups is 1. The zero-order valence-corrected chi connectivity index (χ0v) is 10.9. The van der Waals surface area contributed by atoms with Crippen LogP contribution in [0.1, 0.15) is 37.7 Å². The number of rotatable bonds is 5. The van der Waals surface area contributed by atoms with Gasteiger partial charge in [-0.1, -0.05) is 6.92 Å². The molecule has 0 spiro atoms. The Morgan fingerprint density at radius 3 is 2.76 bits per heavy atom. The molecule has 17 heavy (non-hydrogen) atoms. The molecular formula is C12H20N4O. The second-order valence-electron chi connectivity index (χ2n) is 4.23. The summed E-state index contributed by atoms with van der Waals surface area (Å²) in [6.45, 7) is 6.82. The first-order valence-electron chi connectivity index (χ1n) is 5.89. The minimum Gasteiger partial charge on any atom is -0.369 e. The standard InChI is InChI=1S/C12H20N4O/c1-5-6-14-11-8-13-7-10(15-11)12(17)16(4)9(2)3/h7-9H,5-6H2,1-4H3,(H,14,15). The average molecular weight is 236 g/mol. The van der Waals surface area contributed by atoms with Crippen molar-refractivity contribution in [3.05, 3.63) is 18.1 Å². The molecule has 0 aliphatic carbocycles. The molecule has 0 aliphatic heterocycles. The predicted octanol–water partition coefficient (Wildman–Crippen LogP) is 1.78. The Morgan fingerprint density at radius 2 is 2.18 bits per heavy atom. The van der Waals surface area contributed by atoms with E-state index in [0.29, 0.717) is 11.5 Å². The Kier molecular flexibility index (Phi) is 4.87. The first-order chi connectivity index (χ1) is 8.06. The number of nitrogens with one attached hydrogen (secondary N) is 1. The SMILES string of the molecule is CCCNc1cncc(C(=O)N(C)C(C)C)n1. The van der Waals surface area contributed by atoms with Crippen molar-refractivity contribution >= 4 is 11.7 Å². The summed E-state index contributed by atoms with van der Waals surface area (Å²) < 4.78 is 0. The van der Waals surface area contributed by atoms with E-state index < -0.39 is 0 Å². The van der Waals surface area contributed by atoms with E-state index in [-0.39, 0.29) is 11.9 Å². The molecule has 0 saturated carbocycles. The van der Waals surface area contributed by atoms with E-state index in [2.05, 4.69) is 22.2 Å². The minimum absolute atomic E-state index is 0.104. The second kappa shape index (κ2) is 6.18. The van der Waals surface area contributed by atoms with Gasteiger partial charge in [0.15, 0.2) is 0 Å². The normalized spacial score (nSPS) is 10.4. The number of anilines is 1. The first kappa shape index (κ1) is 13.4. The molecule has 0 unspecified atom stereocenters. The Labute approximate surface area is 102 Å². The Hall–Kier alpha value is -1.65. The molecule has 0 atom stereocenters. The third-order valence-electron chi connectivity index (χ3n) is 2.50. The quantitative estimate of drug-likeness (QED) is 0.846. The molecular weight excluding hydrogens is 216 g/mol. The van der Waals surface area contributed by atoms with Crippen molar-refractivity contribution in [2.24, 2.45) is 0 Å². The number of hydrogen-bond acceptors (Lipinski definition) is 4. The van der Waals surface area contributed by atoms with E-state index in [1.165, 1.54) is 6.20 Å². The van der Waals surface area contributed by atoms with Crippen molar-refractivity contribution in [2.75, 3.05) is 18.9 Å². The molecule has 1 amide bonds. The van der Waals surface area contributed by atoms with Gasteiger partial charge >= 0.3 is 0 Å². The maximum atomic E-state index is 12.0. The number of amides is 1. The average Bonchev–Trinajstić information content (AvgIpc) is 2.34. The van der Waals surface area contributed by atoms with Crippen LogP contribution in [-0.2, 0) is 0 Å². The van der Waals surface area contributed by atoms with E-state index in [9.17, 15) is 4.79 Å². The fraction of sp³-hybridized carbons (Fsp3) is 0.583. The lowest BCUT2D eigenvalue weighted by Gasteiger charge is -2.20. The highest BCUT2D eigenvalue weighted by atomic mass is 16.2. The third kappa shape index (κ3) is 3.69. The Balaban J connectivity index is 2.80. The van der Waals surface area contributed by atoms with E-state index >= 15 is 0 Å². The molecule has 0 aliphatic rings.